The third-order valence-corrected chi connectivity index (χ3v) is 8.66. The Morgan fingerprint density at radius 2 is 1.49 bits per heavy atom. The van der Waals surface area contributed by atoms with Crippen LogP contribution < -0.4 is 0 Å². The molecule has 2 saturated heterocycles. The van der Waals surface area contributed by atoms with E-state index in [1.807, 2.05) is 0 Å². The molecule has 0 radical (unpaired) electrons. The highest BCUT2D eigenvalue weighted by Gasteiger charge is 2.40. The van der Waals surface area contributed by atoms with Gasteiger partial charge in [0.15, 0.2) is 0 Å². The number of hydrogen-bond acceptors (Lipinski definition) is 3. The maximum Gasteiger partial charge on any atom is 0.416 e. The molecule has 0 N–H and O–H groups in total. The lowest BCUT2D eigenvalue weighted by molar-refractivity contribution is -0.143. The van der Waals surface area contributed by atoms with Crippen LogP contribution in [-0.2, 0) is 17.1 Å². The summed E-state index contributed by atoms with van der Waals surface area (Å²) >= 11 is 0. The van der Waals surface area contributed by atoms with Crippen molar-refractivity contribution in [2.75, 3.05) is 39.8 Å². The molecule has 236 valence electrons. The Labute approximate surface area is 246 Å². The number of likely N-dealkylation sites (tertiary alicyclic amines) is 1. The van der Waals surface area contributed by atoms with E-state index in [0.717, 1.165) is 4.90 Å². The van der Waals surface area contributed by atoms with Crippen LogP contribution in [0.5, 0.6) is 0 Å². The average molecular weight is 617 g/mol. The van der Waals surface area contributed by atoms with Crippen molar-refractivity contribution in [3.63, 3.8) is 0 Å². The van der Waals surface area contributed by atoms with Crippen molar-refractivity contribution in [2.24, 2.45) is 0 Å². The molecule has 2 aliphatic rings. The first-order valence-corrected chi connectivity index (χ1v) is 14.1. The number of amides is 3. The Kier molecular flexibility index (Phi) is 9.34. The summed E-state index contributed by atoms with van der Waals surface area (Å²) in [6.07, 6.45) is -8.96. The number of halogens is 7. The normalized spacial score (nSPS) is 21.1. The quantitative estimate of drug-likeness (QED) is 0.362. The second kappa shape index (κ2) is 12.3. The minimum atomic E-state index is -5.01. The predicted molar refractivity (Wildman–Crippen MR) is 145 cm³/mol. The van der Waals surface area contributed by atoms with E-state index in [-0.39, 0.29) is 30.1 Å². The van der Waals surface area contributed by atoms with E-state index >= 15 is 0 Å². The lowest BCUT2D eigenvalue weighted by atomic mass is 9.88. The lowest BCUT2D eigenvalue weighted by Crippen LogP contribution is -2.56. The van der Waals surface area contributed by atoms with Crippen LogP contribution in [0.4, 0.5) is 35.5 Å². The standard InChI is InChI=1S/C30H35F7N4O2/c1-18-13-24(31)5-6-26(18)27-17-25(40-11-9-39(10-12-40)20(3)42)7-8-41(27)28(43)38(4)19(2)21-14-22(29(32,33)34)16-23(15-21)30(35,36)37/h5-6,13-16,19,25,27H,7-12,17H2,1-4H3/t19-,25+,27+/m1/s1. The SMILES string of the molecule is CC(=O)N1CCN([C@H]2CCN(C(=O)N(C)[C@H](C)c3cc(C(F)(F)F)cc(C(F)(F)F)c3)[C@H](c3ccc(F)cc3C)C2)CC1. The molecule has 0 aromatic heterocycles. The van der Waals surface area contributed by atoms with Crippen LogP contribution in [0.25, 0.3) is 0 Å². The van der Waals surface area contributed by atoms with E-state index in [1.165, 1.54) is 33.0 Å². The smallest absolute Gasteiger partial charge is 0.340 e. The van der Waals surface area contributed by atoms with Crippen molar-refractivity contribution >= 4 is 11.9 Å². The van der Waals surface area contributed by atoms with Crippen molar-refractivity contribution in [3.05, 3.63) is 70.0 Å². The number of urea groups is 1. The monoisotopic (exact) mass is 616 g/mol. The van der Waals surface area contributed by atoms with Gasteiger partial charge in [0.25, 0.3) is 0 Å². The number of carbonyl (C=O) groups is 2. The van der Waals surface area contributed by atoms with Gasteiger partial charge in [0, 0.05) is 52.7 Å². The van der Waals surface area contributed by atoms with Crippen LogP contribution in [0.15, 0.2) is 36.4 Å². The molecule has 0 bridgehead atoms. The summed E-state index contributed by atoms with van der Waals surface area (Å²) in [4.78, 5) is 32.4. The zero-order valence-electron chi connectivity index (χ0n) is 24.4. The second-order valence-electron chi connectivity index (χ2n) is 11.3. The fraction of sp³-hybridized carbons (Fsp3) is 0.533. The van der Waals surface area contributed by atoms with E-state index in [9.17, 15) is 40.3 Å². The number of alkyl halides is 6. The molecule has 43 heavy (non-hydrogen) atoms. The Bertz CT molecular complexity index is 1310. The molecule has 0 spiro atoms. The summed E-state index contributed by atoms with van der Waals surface area (Å²) in [5.41, 5.74) is -1.87. The van der Waals surface area contributed by atoms with Crippen molar-refractivity contribution in [1.82, 2.24) is 19.6 Å². The molecule has 13 heteroatoms. The molecule has 0 aliphatic carbocycles. The van der Waals surface area contributed by atoms with E-state index in [1.54, 1.807) is 22.8 Å². The molecule has 2 aliphatic heterocycles. The minimum Gasteiger partial charge on any atom is -0.340 e. The second-order valence-corrected chi connectivity index (χ2v) is 11.3. The maximum atomic E-state index is 14.0. The number of hydrogen-bond donors (Lipinski definition) is 0. The van der Waals surface area contributed by atoms with Crippen molar-refractivity contribution < 1.29 is 40.3 Å². The molecular weight excluding hydrogens is 581 g/mol. The van der Waals surface area contributed by atoms with Gasteiger partial charge in [-0.3, -0.25) is 9.69 Å². The lowest BCUT2D eigenvalue weighted by Gasteiger charge is -2.47. The zero-order chi connectivity index (χ0) is 31.9. The average Bonchev–Trinajstić information content (AvgIpc) is 2.94. The number of benzene rings is 2. The van der Waals surface area contributed by atoms with Crippen LogP contribution in [0.3, 0.4) is 0 Å². The molecule has 3 amide bonds. The Balaban J connectivity index is 1.62. The molecule has 0 saturated carbocycles. The maximum absolute atomic E-state index is 14.0. The molecule has 2 fully saturated rings. The fourth-order valence-electron chi connectivity index (χ4n) is 6.03. The summed E-state index contributed by atoms with van der Waals surface area (Å²) in [5.74, 6) is -0.442. The molecular formula is C30H35F7N4O2. The van der Waals surface area contributed by atoms with Gasteiger partial charge in [-0.25, -0.2) is 9.18 Å². The van der Waals surface area contributed by atoms with Crippen LogP contribution in [-0.4, -0.2) is 77.4 Å². The molecule has 4 rings (SSSR count). The van der Waals surface area contributed by atoms with E-state index in [4.69, 9.17) is 0 Å². The van der Waals surface area contributed by atoms with Crippen molar-refractivity contribution in [2.45, 2.75) is 64.1 Å². The topological polar surface area (TPSA) is 47.1 Å². The van der Waals surface area contributed by atoms with Gasteiger partial charge >= 0.3 is 18.4 Å². The van der Waals surface area contributed by atoms with Gasteiger partial charge in [-0.05, 0) is 73.7 Å². The number of piperidine rings is 1. The molecule has 2 aromatic carbocycles. The van der Waals surface area contributed by atoms with E-state index in [0.29, 0.717) is 62.3 Å². The fourth-order valence-corrected chi connectivity index (χ4v) is 6.03. The van der Waals surface area contributed by atoms with Crippen LogP contribution in [0.1, 0.15) is 66.6 Å². The van der Waals surface area contributed by atoms with Gasteiger partial charge in [0.05, 0.1) is 23.2 Å². The molecule has 3 atom stereocenters. The number of piperazine rings is 1. The molecule has 6 nitrogen and oxygen atoms in total. The predicted octanol–water partition coefficient (Wildman–Crippen LogP) is 6.65. The number of rotatable bonds is 4. The third-order valence-electron chi connectivity index (χ3n) is 8.66. The number of nitrogens with zero attached hydrogens (tertiary/aromatic N) is 4. The first-order chi connectivity index (χ1) is 20.0. The van der Waals surface area contributed by atoms with Crippen LogP contribution in [0.2, 0.25) is 0 Å². The highest BCUT2D eigenvalue weighted by Crippen LogP contribution is 2.40. The summed E-state index contributed by atoms with van der Waals surface area (Å²) in [5, 5.41) is 0. The Morgan fingerprint density at radius 3 is 2.00 bits per heavy atom. The number of carbonyl (C=O) groups excluding carboxylic acids is 2. The minimum absolute atomic E-state index is 0.000149. The Hall–Kier alpha value is -3.35. The first-order valence-electron chi connectivity index (χ1n) is 14.1. The first kappa shape index (κ1) is 32.6. The van der Waals surface area contributed by atoms with Gasteiger partial charge < -0.3 is 14.7 Å². The largest absolute Gasteiger partial charge is 0.416 e. The molecule has 0 unspecified atom stereocenters. The summed E-state index contributed by atoms with van der Waals surface area (Å²) in [6, 6.07) is 3.46. The summed E-state index contributed by atoms with van der Waals surface area (Å²) < 4.78 is 95.0. The van der Waals surface area contributed by atoms with E-state index < -0.39 is 47.4 Å². The zero-order valence-corrected chi connectivity index (χ0v) is 24.4. The highest BCUT2D eigenvalue weighted by atomic mass is 19.4. The van der Waals surface area contributed by atoms with Crippen LogP contribution >= 0.6 is 0 Å². The van der Waals surface area contributed by atoms with Crippen molar-refractivity contribution in [3.8, 4) is 0 Å². The van der Waals surface area contributed by atoms with Gasteiger partial charge in [0.2, 0.25) is 5.91 Å². The number of aryl methyl sites for hydroxylation is 1. The molecule has 2 aromatic rings. The van der Waals surface area contributed by atoms with Gasteiger partial charge in [-0.1, -0.05) is 6.07 Å². The highest BCUT2D eigenvalue weighted by molar-refractivity contribution is 5.76. The summed E-state index contributed by atoms with van der Waals surface area (Å²) in [6.45, 7) is 7.36. The van der Waals surface area contributed by atoms with Gasteiger partial charge in [-0.15, -0.1) is 0 Å². The van der Waals surface area contributed by atoms with Gasteiger partial charge in [-0.2, -0.15) is 26.3 Å². The van der Waals surface area contributed by atoms with E-state index in [2.05, 4.69) is 4.90 Å². The Morgan fingerprint density at radius 1 is 0.907 bits per heavy atom. The molecule has 2 heterocycles. The summed E-state index contributed by atoms with van der Waals surface area (Å²) in [7, 11) is 1.35. The van der Waals surface area contributed by atoms with Crippen molar-refractivity contribution in [1.29, 1.82) is 0 Å². The third kappa shape index (κ3) is 7.25. The van der Waals surface area contributed by atoms with Gasteiger partial charge in [0.1, 0.15) is 5.82 Å². The van der Waals surface area contributed by atoms with Crippen LogP contribution in [0, 0.1) is 12.7 Å².